The summed E-state index contributed by atoms with van der Waals surface area (Å²) in [6.45, 7) is 6.49. The van der Waals surface area contributed by atoms with Gasteiger partial charge in [-0.25, -0.2) is 4.79 Å². The van der Waals surface area contributed by atoms with Crippen molar-refractivity contribution in [2.24, 2.45) is 5.92 Å². The highest BCUT2D eigenvalue weighted by Gasteiger charge is 2.41. The highest BCUT2D eigenvalue weighted by molar-refractivity contribution is 7.99. The van der Waals surface area contributed by atoms with Crippen molar-refractivity contribution in [3.8, 4) is 5.75 Å². The van der Waals surface area contributed by atoms with E-state index in [4.69, 9.17) is 14.2 Å². The van der Waals surface area contributed by atoms with Crippen LogP contribution in [0.5, 0.6) is 5.75 Å². The van der Waals surface area contributed by atoms with Crippen LogP contribution >= 0.6 is 11.8 Å². The van der Waals surface area contributed by atoms with Crippen LogP contribution in [0.25, 0.3) is 0 Å². The van der Waals surface area contributed by atoms with Crippen molar-refractivity contribution < 1.29 is 28.6 Å². The van der Waals surface area contributed by atoms with Crippen molar-refractivity contribution in [3.05, 3.63) is 53.6 Å². The second-order valence-corrected chi connectivity index (χ2v) is 10.5. The third kappa shape index (κ3) is 6.79. The van der Waals surface area contributed by atoms with Crippen molar-refractivity contribution in [3.63, 3.8) is 0 Å². The minimum atomic E-state index is -1.05. The Balaban J connectivity index is 2.09. The maximum absolute atomic E-state index is 13.9. The number of thioether (sulfide) groups is 1. The molecule has 1 heterocycles. The number of nitrogens with zero attached hydrogens (tertiary/aromatic N) is 2. The second-order valence-electron chi connectivity index (χ2n) is 9.31. The maximum atomic E-state index is 13.9. The van der Waals surface area contributed by atoms with Crippen LogP contribution in [0.1, 0.15) is 41.9 Å². The molecular formula is C27H34N2O6S. The van der Waals surface area contributed by atoms with Gasteiger partial charge >= 0.3 is 11.9 Å². The first-order chi connectivity index (χ1) is 17.1. The first-order valence-electron chi connectivity index (χ1n) is 11.9. The standard InChI is InChI=1S/C27H34N2O6S/c1-17(2)16-34-27(32)20-9-12-23-22(15-20)29(14-13-28(4)5)26(31)24(35-18(3)30)25(36-23)19-7-10-21(33-6)11-8-19/h7-12,15,17,24-25H,13-14,16H2,1-6H3. The molecule has 8 nitrogen and oxygen atoms in total. The highest BCUT2D eigenvalue weighted by atomic mass is 32.2. The zero-order chi connectivity index (χ0) is 26.4. The first-order valence-corrected chi connectivity index (χ1v) is 12.7. The summed E-state index contributed by atoms with van der Waals surface area (Å²) in [4.78, 5) is 43.1. The molecule has 0 saturated carbocycles. The summed E-state index contributed by atoms with van der Waals surface area (Å²) in [6.07, 6.45) is -1.05. The smallest absolute Gasteiger partial charge is 0.338 e. The molecule has 36 heavy (non-hydrogen) atoms. The quantitative estimate of drug-likeness (QED) is 0.461. The number of hydrogen-bond donors (Lipinski definition) is 0. The van der Waals surface area contributed by atoms with Crippen LogP contribution in [0.2, 0.25) is 0 Å². The molecule has 0 saturated heterocycles. The molecule has 0 aromatic heterocycles. The van der Waals surface area contributed by atoms with Gasteiger partial charge in [0.15, 0.2) is 6.10 Å². The molecule has 0 radical (unpaired) electrons. The molecular weight excluding hydrogens is 480 g/mol. The minimum Gasteiger partial charge on any atom is -0.497 e. The number of hydrogen-bond acceptors (Lipinski definition) is 8. The minimum absolute atomic E-state index is 0.207. The SMILES string of the molecule is COc1ccc(C2Sc3ccc(C(=O)OCC(C)C)cc3N(CCN(C)C)C(=O)C2OC(C)=O)cc1. The van der Waals surface area contributed by atoms with Gasteiger partial charge in [0.25, 0.3) is 5.91 Å². The normalized spacial score (nSPS) is 17.6. The Kier molecular flexibility index (Phi) is 9.39. The largest absolute Gasteiger partial charge is 0.497 e. The van der Waals surface area contributed by atoms with Gasteiger partial charge in [0.1, 0.15) is 5.75 Å². The average molecular weight is 515 g/mol. The van der Waals surface area contributed by atoms with Crippen molar-refractivity contribution in [1.29, 1.82) is 0 Å². The number of methoxy groups -OCH3 is 1. The van der Waals surface area contributed by atoms with E-state index < -0.39 is 23.3 Å². The number of amides is 1. The van der Waals surface area contributed by atoms with Crippen LogP contribution in [-0.2, 0) is 19.1 Å². The number of likely N-dealkylation sites (N-methyl/N-ethyl adjacent to an activating group) is 1. The van der Waals surface area contributed by atoms with E-state index >= 15 is 0 Å². The van der Waals surface area contributed by atoms with Gasteiger partial charge in [0.2, 0.25) is 0 Å². The molecule has 2 unspecified atom stereocenters. The van der Waals surface area contributed by atoms with E-state index in [2.05, 4.69) is 0 Å². The number of fused-ring (bicyclic) bond motifs is 1. The lowest BCUT2D eigenvalue weighted by Gasteiger charge is -2.28. The van der Waals surface area contributed by atoms with Crippen molar-refractivity contribution in [2.45, 2.75) is 37.0 Å². The summed E-state index contributed by atoms with van der Waals surface area (Å²) in [5.74, 6) is -0.428. The van der Waals surface area contributed by atoms with Crippen LogP contribution in [0.4, 0.5) is 5.69 Å². The molecule has 2 aromatic carbocycles. The Bertz CT molecular complexity index is 1090. The topological polar surface area (TPSA) is 85.4 Å². The number of carbonyl (C=O) groups excluding carboxylic acids is 3. The molecule has 0 spiro atoms. The van der Waals surface area contributed by atoms with E-state index in [0.29, 0.717) is 36.7 Å². The van der Waals surface area contributed by atoms with E-state index in [1.807, 2.05) is 63.2 Å². The fraction of sp³-hybridized carbons (Fsp3) is 0.444. The summed E-state index contributed by atoms with van der Waals surface area (Å²) in [6, 6.07) is 12.6. The van der Waals surface area contributed by atoms with E-state index in [1.165, 1.54) is 18.7 Å². The van der Waals surface area contributed by atoms with E-state index in [-0.39, 0.29) is 11.8 Å². The number of ether oxygens (including phenoxy) is 3. The number of rotatable bonds is 9. The summed E-state index contributed by atoms with van der Waals surface area (Å²) in [5, 5.41) is -0.492. The van der Waals surface area contributed by atoms with Crippen LogP contribution in [0.15, 0.2) is 47.4 Å². The summed E-state index contributed by atoms with van der Waals surface area (Å²) >= 11 is 1.43. The Labute approximate surface area is 216 Å². The molecule has 9 heteroatoms. The maximum Gasteiger partial charge on any atom is 0.338 e. The molecule has 3 rings (SSSR count). The monoisotopic (exact) mass is 514 g/mol. The summed E-state index contributed by atoms with van der Waals surface area (Å²) in [5.41, 5.74) is 1.78. The number of carbonyl (C=O) groups is 3. The Morgan fingerprint density at radius 3 is 2.39 bits per heavy atom. The molecule has 1 aliphatic heterocycles. The summed E-state index contributed by atoms with van der Waals surface area (Å²) in [7, 11) is 5.42. The Morgan fingerprint density at radius 1 is 1.11 bits per heavy atom. The Hall–Kier alpha value is -3.04. The average Bonchev–Trinajstić information content (AvgIpc) is 2.95. The van der Waals surface area contributed by atoms with Crippen LogP contribution in [0.3, 0.4) is 0 Å². The van der Waals surface area contributed by atoms with Gasteiger partial charge in [-0.3, -0.25) is 9.59 Å². The lowest BCUT2D eigenvalue weighted by Crippen LogP contribution is -2.45. The van der Waals surface area contributed by atoms with E-state index in [9.17, 15) is 14.4 Å². The van der Waals surface area contributed by atoms with Crippen LogP contribution in [0, 0.1) is 5.92 Å². The number of esters is 2. The van der Waals surface area contributed by atoms with Crippen LogP contribution < -0.4 is 9.64 Å². The Morgan fingerprint density at radius 2 is 1.81 bits per heavy atom. The molecule has 2 aromatic rings. The van der Waals surface area contributed by atoms with Crippen molar-refractivity contribution >= 4 is 35.3 Å². The van der Waals surface area contributed by atoms with E-state index in [1.54, 1.807) is 24.1 Å². The predicted octanol–water partition coefficient (Wildman–Crippen LogP) is 4.18. The number of benzene rings is 2. The molecule has 0 N–H and O–H groups in total. The molecule has 0 bridgehead atoms. The molecule has 1 aliphatic rings. The lowest BCUT2D eigenvalue weighted by atomic mass is 10.1. The zero-order valence-corrected chi connectivity index (χ0v) is 22.5. The number of anilines is 1. The molecule has 194 valence electrons. The highest BCUT2D eigenvalue weighted by Crippen LogP contribution is 2.47. The summed E-state index contributed by atoms with van der Waals surface area (Å²) < 4.78 is 16.3. The van der Waals surface area contributed by atoms with Gasteiger partial charge in [-0.05, 0) is 55.9 Å². The van der Waals surface area contributed by atoms with E-state index in [0.717, 1.165) is 10.5 Å². The molecule has 1 amide bonds. The first kappa shape index (κ1) is 27.5. The van der Waals surface area contributed by atoms with Gasteiger partial charge < -0.3 is 24.0 Å². The third-order valence-corrected chi connectivity index (χ3v) is 6.95. The molecule has 0 fully saturated rings. The predicted molar refractivity (Wildman–Crippen MR) is 140 cm³/mol. The van der Waals surface area contributed by atoms with Crippen molar-refractivity contribution in [2.75, 3.05) is 45.8 Å². The fourth-order valence-corrected chi connectivity index (χ4v) is 5.04. The van der Waals surface area contributed by atoms with Gasteiger partial charge in [-0.2, -0.15) is 0 Å². The molecule has 2 atom stereocenters. The zero-order valence-electron chi connectivity index (χ0n) is 21.6. The van der Waals surface area contributed by atoms with Gasteiger partial charge in [-0.1, -0.05) is 26.0 Å². The fourth-order valence-electron chi connectivity index (χ4n) is 3.74. The molecule has 0 aliphatic carbocycles. The van der Waals surface area contributed by atoms with Crippen LogP contribution in [-0.4, -0.2) is 69.8 Å². The van der Waals surface area contributed by atoms with Gasteiger partial charge in [-0.15, -0.1) is 11.8 Å². The lowest BCUT2D eigenvalue weighted by molar-refractivity contribution is -0.152. The second kappa shape index (κ2) is 12.3. The van der Waals surface area contributed by atoms with Gasteiger partial charge in [0.05, 0.1) is 30.2 Å². The van der Waals surface area contributed by atoms with Gasteiger partial charge in [0, 0.05) is 24.9 Å². The van der Waals surface area contributed by atoms with Crippen molar-refractivity contribution in [1.82, 2.24) is 4.90 Å². The third-order valence-electron chi connectivity index (χ3n) is 5.58.